The van der Waals surface area contributed by atoms with Crippen molar-refractivity contribution in [2.24, 2.45) is 10.2 Å². The summed E-state index contributed by atoms with van der Waals surface area (Å²) in [6, 6.07) is 12.7. The fraction of sp³-hybridized carbons (Fsp3) is 0. The van der Waals surface area contributed by atoms with Gasteiger partial charge in [0.05, 0.1) is 5.69 Å². The second-order valence-electron chi connectivity index (χ2n) is 3.33. The molecule has 2 aromatic rings. The Balaban J connectivity index is 0.000000830. The van der Waals surface area contributed by atoms with Gasteiger partial charge in [0.1, 0.15) is 11.5 Å². The summed E-state index contributed by atoms with van der Waals surface area (Å²) in [4.78, 5) is 3.89. The zero-order valence-electron chi connectivity index (χ0n) is 10.6. The van der Waals surface area contributed by atoms with Gasteiger partial charge in [-0.25, -0.2) is 4.98 Å². The minimum atomic E-state index is 0. The van der Waals surface area contributed by atoms with Gasteiger partial charge in [-0.05, 0) is 29.8 Å². The number of benzene rings is 1. The van der Waals surface area contributed by atoms with Gasteiger partial charge in [-0.2, -0.15) is 5.11 Å². The van der Waals surface area contributed by atoms with Crippen molar-refractivity contribution in [2.75, 3.05) is 11.5 Å². The lowest BCUT2D eigenvalue weighted by Gasteiger charge is -1.98. The summed E-state index contributed by atoms with van der Waals surface area (Å²) in [5.41, 5.74) is 13.6. The standard InChI is InChI=1S/C11H11N5.C2H3Cl.ClH/c12-10-7-6-9(11(13)14-10)16-15-8-4-2-1-3-5-8;1-2-3;/h1-7H,(H4,12,13,14);2H,1H2;1H. The van der Waals surface area contributed by atoms with Crippen LogP contribution in [-0.2, 0) is 0 Å². The molecule has 2 rings (SSSR count). The molecule has 0 bridgehead atoms. The fourth-order valence-corrected chi connectivity index (χ4v) is 1.17. The first-order valence-corrected chi connectivity index (χ1v) is 5.81. The Morgan fingerprint density at radius 2 is 1.65 bits per heavy atom. The Kier molecular flexibility index (Phi) is 8.74. The van der Waals surface area contributed by atoms with Gasteiger partial charge in [0.15, 0.2) is 5.82 Å². The van der Waals surface area contributed by atoms with Crippen molar-refractivity contribution in [1.82, 2.24) is 4.98 Å². The molecule has 0 amide bonds. The zero-order chi connectivity index (χ0) is 14.1. The quantitative estimate of drug-likeness (QED) is 0.803. The number of nitrogens with zero attached hydrogens (tertiary/aromatic N) is 3. The van der Waals surface area contributed by atoms with Gasteiger partial charge in [-0.15, -0.1) is 17.5 Å². The maximum Gasteiger partial charge on any atom is 0.153 e. The van der Waals surface area contributed by atoms with Gasteiger partial charge in [-0.1, -0.05) is 36.4 Å². The molecule has 0 aliphatic heterocycles. The molecular formula is C13H15Cl2N5. The molecule has 0 spiro atoms. The van der Waals surface area contributed by atoms with Crippen LogP contribution in [0.25, 0.3) is 0 Å². The van der Waals surface area contributed by atoms with Gasteiger partial charge < -0.3 is 11.5 Å². The molecule has 0 radical (unpaired) electrons. The average molecular weight is 312 g/mol. The molecule has 0 saturated heterocycles. The lowest BCUT2D eigenvalue weighted by Crippen LogP contribution is -1.95. The Hall–Kier alpha value is -2.11. The number of azo groups is 1. The third-order valence-corrected chi connectivity index (χ3v) is 1.95. The molecule has 20 heavy (non-hydrogen) atoms. The van der Waals surface area contributed by atoms with Crippen molar-refractivity contribution >= 4 is 47.0 Å². The molecule has 0 unspecified atom stereocenters. The molecule has 7 heteroatoms. The first-order valence-electron chi connectivity index (χ1n) is 5.37. The molecule has 5 nitrogen and oxygen atoms in total. The van der Waals surface area contributed by atoms with Crippen LogP contribution >= 0.6 is 24.0 Å². The molecule has 4 N–H and O–H groups in total. The van der Waals surface area contributed by atoms with E-state index in [1.165, 1.54) is 5.54 Å². The smallest absolute Gasteiger partial charge is 0.153 e. The highest BCUT2D eigenvalue weighted by atomic mass is 35.5. The SMILES string of the molecule is C=CCl.Cl.Nc1ccc(N=Nc2ccccc2)c(N)n1. The largest absolute Gasteiger partial charge is 0.384 e. The maximum atomic E-state index is 5.64. The number of pyridine rings is 1. The highest BCUT2D eigenvalue weighted by Gasteiger charge is 1.98. The summed E-state index contributed by atoms with van der Waals surface area (Å²) < 4.78 is 0. The lowest BCUT2D eigenvalue weighted by atomic mass is 10.3. The molecule has 1 aromatic heterocycles. The Morgan fingerprint density at radius 3 is 2.20 bits per heavy atom. The van der Waals surface area contributed by atoms with E-state index in [2.05, 4.69) is 21.8 Å². The number of hydrogen-bond donors (Lipinski definition) is 2. The second kappa shape index (κ2) is 9.77. The molecular weight excluding hydrogens is 297 g/mol. The summed E-state index contributed by atoms with van der Waals surface area (Å²) in [5.74, 6) is 0.649. The lowest BCUT2D eigenvalue weighted by molar-refractivity contribution is 1.21. The molecule has 0 aliphatic carbocycles. The van der Waals surface area contributed by atoms with E-state index < -0.39 is 0 Å². The first kappa shape index (κ1) is 17.9. The van der Waals surface area contributed by atoms with Crippen LogP contribution < -0.4 is 11.5 Å². The number of anilines is 2. The number of hydrogen-bond acceptors (Lipinski definition) is 5. The van der Waals surface area contributed by atoms with Crippen LogP contribution in [0, 0.1) is 0 Å². The van der Waals surface area contributed by atoms with E-state index in [4.69, 9.17) is 23.1 Å². The van der Waals surface area contributed by atoms with Crippen molar-refractivity contribution < 1.29 is 0 Å². The highest BCUT2D eigenvalue weighted by Crippen LogP contribution is 2.23. The van der Waals surface area contributed by atoms with E-state index in [0.717, 1.165) is 5.69 Å². The predicted molar refractivity (Wildman–Crippen MR) is 87.0 cm³/mol. The summed E-state index contributed by atoms with van der Waals surface area (Å²) in [6.07, 6.45) is 0. The van der Waals surface area contributed by atoms with Crippen LogP contribution in [0.15, 0.2) is 64.8 Å². The van der Waals surface area contributed by atoms with Crippen LogP contribution in [0.1, 0.15) is 0 Å². The summed E-state index contributed by atoms with van der Waals surface area (Å²) in [6.45, 7) is 3.13. The Labute approximate surface area is 128 Å². The van der Waals surface area contributed by atoms with Gasteiger partial charge in [0.2, 0.25) is 0 Å². The normalized spacial score (nSPS) is 9.25. The van der Waals surface area contributed by atoms with Crippen LogP contribution in [0.2, 0.25) is 0 Å². The van der Waals surface area contributed by atoms with Gasteiger partial charge in [0.25, 0.3) is 0 Å². The number of nitrogens with two attached hydrogens (primary N) is 2. The summed E-state index contributed by atoms with van der Waals surface area (Å²) in [5, 5.41) is 8.03. The van der Waals surface area contributed by atoms with E-state index in [1.807, 2.05) is 30.3 Å². The molecule has 1 heterocycles. The molecule has 0 aliphatic rings. The molecule has 106 valence electrons. The van der Waals surface area contributed by atoms with E-state index in [1.54, 1.807) is 12.1 Å². The molecule has 0 atom stereocenters. The van der Waals surface area contributed by atoms with Crippen molar-refractivity contribution in [3.8, 4) is 0 Å². The van der Waals surface area contributed by atoms with E-state index >= 15 is 0 Å². The predicted octanol–water partition coefficient (Wildman–Crippen LogP) is 4.45. The van der Waals surface area contributed by atoms with Gasteiger partial charge in [0, 0.05) is 0 Å². The Bertz CT molecular complexity index is 558. The average Bonchev–Trinajstić information content (AvgIpc) is 2.40. The summed E-state index contributed by atoms with van der Waals surface area (Å²) >= 11 is 4.76. The van der Waals surface area contributed by atoms with Crippen molar-refractivity contribution in [3.63, 3.8) is 0 Å². The van der Waals surface area contributed by atoms with Crippen molar-refractivity contribution in [1.29, 1.82) is 0 Å². The van der Waals surface area contributed by atoms with Crippen LogP contribution in [0.5, 0.6) is 0 Å². The van der Waals surface area contributed by atoms with Gasteiger partial charge >= 0.3 is 0 Å². The number of halogens is 2. The minimum absolute atomic E-state index is 0. The fourth-order valence-electron chi connectivity index (χ4n) is 1.17. The van der Waals surface area contributed by atoms with E-state index in [0.29, 0.717) is 11.5 Å². The second-order valence-corrected chi connectivity index (χ2v) is 3.64. The first-order chi connectivity index (χ1) is 9.17. The third-order valence-electron chi connectivity index (χ3n) is 1.95. The molecule has 1 aromatic carbocycles. The third kappa shape index (κ3) is 6.17. The topological polar surface area (TPSA) is 89.6 Å². The van der Waals surface area contributed by atoms with Crippen LogP contribution in [-0.4, -0.2) is 4.98 Å². The Morgan fingerprint density at radius 1 is 1.05 bits per heavy atom. The monoisotopic (exact) mass is 311 g/mol. The molecule has 0 fully saturated rings. The maximum absolute atomic E-state index is 5.64. The number of rotatable bonds is 2. The van der Waals surface area contributed by atoms with Gasteiger partial charge in [-0.3, -0.25) is 0 Å². The number of nitrogen functional groups attached to an aromatic ring is 2. The molecule has 0 saturated carbocycles. The van der Waals surface area contributed by atoms with E-state index in [9.17, 15) is 0 Å². The minimum Gasteiger partial charge on any atom is -0.384 e. The van der Waals surface area contributed by atoms with Crippen LogP contribution in [0.4, 0.5) is 23.0 Å². The summed E-state index contributed by atoms with van der Waals surface area (Å²) in [7, 11) is 0. The highest BCUT2D eigenvalue weighted by molar-refractivity contribution is 6.25. The van der Waals surface area contributed by atoms with Crippen molar-refractivity contribution in [2.45, 2.75) is 0 Å². The van der Waals surface area contributed by atoms with E-state index in [-0.39, 0.29) is 18.2 Å². The van der Waals surface area contributed by atoms with Crippen molar-refractivity contribution in [3.05, 3.63) is 54.6 Å². The van der Waals surface area contributed by atoms with Crippen LogP contribution in [0.3, 0.4) is 0 Å². The number of aromatic nitrogens is 1. The zero-order valence-corrected chi connectivity index (χ0v) is 12.2.